The molecule has 0 aromatic heterocycles. The first-order valence-electron chi connectivity index (χ1n) is 4.59. The zero-order valence-corrected chi connectivity index (χ0v) is 9.52. The zero-order chi connectivity index (χ0) is 9.84. The number of Topliss-reactive ketones (excluding diaryl/α,β-unsaturated/α-hetero) is 1. The lowest BCUT2D eigenvalue weighted by molar-refractivity contribution is 0.0994. The van der Waals surface area contributed by atoms with Crippen molar-refractivity contribution in [1.82, 2.24) is 0 Å². The molecule has 0 bridgehead atoms. The first-order chi connectivity index (χ1) is 6.27. The molecule has 0 atom stereocenters. The van der Waals surface area contributed by atoms with Crippen LogP contribution in [0.4, 0.5) is 0 Å². The summed E-state index contributed by atoms with van der Waals surface area (Å²) >= 11 is 3.34. The maximum Gasteiger partial charge on any atom is 0.163 e. The van der Waals surface area contributed by atoms with E-state index in [1.54, 1.807) is 0 Å². The number of carbonyl (C=O) groups is 1. The van der Waals surface area contributed by atoms with Gasteiger partial charge in [-0.15, -0.1) is 0 Å². The molecule has 2 heteroatoms. The van der Waals surface area contributed by atoms with Crippen molar-refractivity contribution in [1.29, 1.82) is 0 Å². The van der Waals surface area contributed by atoms with Gasteiger partial charge in [-0.3, -0.25) is 4.79 Å². The highest BCUT2D eigenvalue weighted by Crippen LogP contribution is 2.24. The predicted octanol–water partition coefficient (Wildman–Crippen LogP) is 3.60. The number of carbonyl (C=O) groups excluding carboxylic acids is 1. The first-order valence-corrected chi connectivity index (χ1v) is 5.38. The van der Waals surface area contributed by atoms with E-state index in [1.807, 2.05) is 32.0 Å². The van der Waals surface area contributed by atoms with Crippen molar-refractivity contribution in [2.24, 2.45) is 0 Å². The van der Waals surface area contributed by atoms with Gasteiger partial charge in [0, 0.05) is 16.5 Å². The smallest absolute Gasteiger partial charge is 0.163 e. The van der Waals surface area contributed by atoms with Crippen molar-refractivity contribution in [2.45, 2.75) is 26.7 Å². The maximum atomic E-state index is 11.2. The van der Waals surface area contributed by atoms with Crippen LogP contribution in [0.5, 0.6) is 0 Å². The molecule has 0 heterocycles. The van der Waals surface area contributed by atoms with Crippen LogP contribution in [0, 0.1) is 0 Å². The Morgan fingerprint density at radius 2 is 1.92 bits per heavy atom. The maximum absolute atomic E-state index is 11.2. The Balaban J connectivity index is 0.000000396. The van der Waals surface area contributed by atoms with E-state index in [4.69, 9.17) is 0 Å². The highest BCUT2D eigenvalue weighted by molar-refractivity contribution is 9.10. The van der Waals surface area contributed by atoms with E-state index in [1.165, 1.54) is 5.56 Å². The van der Waals surface area contributed by atoms with Gasteiger partial charge in [0.2, 0.25) is 0 Å². The molecule has 13 heavy (non-hydrogen) atoms. The van der Waals surface area contributed by atoms with Gasteiger partial charge in [0.1, 0.15) is 0 Å². The SMILES string of the molecule is CC.O=C1CCc2ccc(Br)cc21. The highest BCUT2D eigenvalue weighted by atomic mass is 79.9. The minimum Gasteiger partial charge on any atom is -0.294 e. The van der Waals surface area contributed by atoms with Crippen LogP contribution in [-0.4, -0.2) is 5.78 Å². The van der Waals surface area contributed by atoms with Gasteiger partial charge in [-0.25, -0.2) is 0 Å². The summed E-state index contributed by atoms with van der Waals surface area (Å²) in [5.41, 5.74) is 2.09. The van der Waals surface area contributed by atoms with Crippen LogP contribution < -0.4 is 0 Å². The fourth-order valence-corrected chi connectivity index (χ4v) is 1.77. The lowest BCUT2D eigenvalue weighted by Gasteiger charge is -1.96. The third-order valence-corrected chi connectivity index (χ3v) is 2.49. The molecule has 1 aliphatic rings. The summed E-state index contributed by atoms with van der Waals surface area (Å²) in [4.78, 5) is 11.2. The highest BCUT2D eigenvalue weighted by Gasteiger charge is 2.18. The van der Waals surface area contributed by atoms with Crippen LogP contribution in [0.1, 0.15) is 36.2 Å². The van der Waals surface area contributed by atoms with E-state index in [0.29, 0.717) is 6.42 Å². The number of fused-ring (bicyclic) bond motifs is 1. The lowest BCUT2D eigenvalue weighted by Crippen LogP contribution is -1.89. The van der Waals surface area contributed by atoms with Crippen molar-refractivity contribution in [3.8, 4) is 0 Å². The Hall–Kier alpha value is -0.630. The van der Waals surface area contributed by atoms with Gasteiger partial charge in [-0.05, 0) is 24.1 Å². The third-order valence-electron chi connectivity index (χ3n) is 1.99. The molecule has 0 saturated heterocycles. The molecule has 0 radical (unpaired) electrons. The van der Waals surface area contributed by atoms with Gasteiger partial charge >= 0.3 is 0 Å². The van der Waals surface area contributed by atoms with E-state index in [2.05, 4.69) is 15.9 Å². The van der Waals surface area contributed by atoms with Gasteiger partial charge in [0.05, 0.1) is 0 Å². The molecule has 0 amide bonds. The summed E-state index contributed by atoms with van der Waals surface area (Å²) < 4.78 is 0.992. The van der Waals surface area contributed by atoms with Gasteiger partial charge in [0.15, 0.2) is 5.78 Å². The van der Waals surface area contributed by atoms with E-state index < -0.39 is 0 Å². The number of benzene rings is 1. The molecule has 1 aromatic carbocycles. The molecule has 70 valence electrons. The van der Waals surface area contributed by atoms with Crippen LogP contribution in [0.15, 0.2) is 22.7 Å². The summed E-state index contributed by atoms with van der Waals surface area (Å²) in [7, 11) is 0. The standard InChI is InChI=1S/C9H7BrO.C2H6/c10-7-3-1-6-2-4-9(11)8(6)5-7;1-2/h1,3,5H,2,4H2;1-2H3. The second kappa shape index (κ2) is 4.56. The average molecular weight is 241 g/mol. The molecule has 1 aliphatic carbocycles. The largest absolute Gasteiger partial charge is 0.294 e. The van der Waals surface area contributed by atoms with Crippen molar-refractivity contribution >= 4 is 21.7 Å². The number of hydrogen-bond donors (Lipinski definition) is 0. The van der Waals surface area contributed by atoms with Gasteiger partial charge in [-0.2, -0.15) is 0 Å². The Kier molecular flexibility index (Phi) is 3.67. The summed E-state index contributed by atoms with van der Waals surface area (Å²) in [6.07, 6.45) is 1.60. The second-order valence-corrected chi connectivity index (χ2v) is 3.64. The fraction of sp³-hybridized carbons (Fsp3) is 0.364. The van der Waals surface area contributed by atoms with Gasteiger partial charge < -0.3 is 0 Å². The second-order valence-electron chi connectivity index (χ2n) is 2.72. The molecule has 1 nitrogen and oxygen atoms in total. The van der Waals surface area contributed by atoms with Crippen LogP contribution in [0.3, 0.4) is 0 Å². The first kappa shape index (κ1) is 10.5. The number of halogens is 1. The third kappa shape index (κ3) is 2.19. The van der Waals surface area contributed by atoms with Crippen LogP contribution >= 0.6 is 15.9 Å². The molecule has 2 rings (SSSR count). The predicted molar refractivity (Wildman–Crippen MR) is 58.1 cm³/mol. The van der Waals surface area contributed by atoms with E-state index in [0.717, 1.165) is 16.5 Å². The van der Waals surface area contributed by atoms with Gasteiger partial charge in [-0.1, -0.05) is 35.8 Å². The monoisotopic (exact) mass is 240 g/mol. The Bertz CT molecular complexity index is 318. The molecule has 0 N–H and O–H groups in total. The normalized spacial score (nSPS) is 13.3. The van der Waals surface area contributed by atoms with Crippen LogP contribution in [-0.2, 0) is 6.42 Å². The van der Waals surface area contributed by atoms with E-state index in [9.17, 15) is 4.79 Å². The quantitative estimate of drug-likeness (QED) is 0.678. The van der Waals surface area contributed by atoms with Crippen molar-refractivity contribution in [3.63, 3.8) is 0 Å². The Morgan fingerprint density at radius 1 is 1.23 bits per heavy atom. The van der Waals surface area contributed by atoms with E-state index in [-0.39, 0.29) is 5.78 Å². The van der Waals surface area contributed by atoms with Crippen molar-refractivity contribution in [2.75, 3.05) is 0 Å². The molecule has 0 unspecified atom stereocenters. The molecule has 0 aliphatic heterocycles. The molecule has 0 saturated carbocycles. The minimum atomic E-state index is 0.279. The average Bonchev–Trinajstić information content (AvgIpc) is 2.52. The zero-order valence-electron chi connectivity index (χ0n) is 7.93. The van der Waals surface area contributed by atoms with Crippen molar-refractivity contribution in [3.05, 3.63) is 33.8 Å². The topological polar surface area (TPSA) is 17.1 Å². The summed E-state index contributed by atoms with van der Waals surface area (Å²) in [5.74, 6) is 0.279. The minimum absolute atomic E-state index is 0.279. The number of rotatable bonds is 0. The molecule has 1 aromatic rings. The molecular weight excluding hydrogens is 228 g/mol. The fourth-order valence-electron chi connectivity index (χ4n) is 1.41. The molecule has 0 spiro atoms. The number of hydrogen-bond acceptors (Lipinski definition) is 1. The summed E-state index contributed by atoms with van der Waals surface area (Å²) in [6.45, 7) is 4.00. The van der Waals surface area contributed by atoms with Gasteiger partial charge in [0.25, 0.3) is 0 Å². The Labute approximate surface area is 87.3 Å². The summed E-state index contributed by atoms with van der Waals surface area (Å²) in [6, 6.07) is 5.91. The molecule has 0 fully saturated rings. The van der Waals surface area contributed by atoms with Crippen LogP contribution in [0.2, 0.25) is 0 Å². The number of aryl methyl sites for hydroxylation is 1. The van der Waals surface area contributed by atoms with Crippen LogP contribution in [0.25, 0.3) is 0 Å². The lowest BCUT2D eigenvalue weighted by atomic mass is 10.1. The summed E-state index contributed by atoms with van der Waals surface area (Å²) in [5, 5.41) is 0. The van der Waals surface area contributed by atoms with E-state index >= 15 is 0 Å². The Morgan fingerprint density at radius 3 is 2.62 bits per heavy atom. The van der Waals surface area contributed by atoms with Crippen molar-refractivity contribution < 1.29 is 4.79 Å². The molecular formula is C11H13BrO. The number of ketones is 1.